The molecule has 0 unspecified atom stereocenters. The van der Waals surface area contributed by atoms with E-state index in [1.165, 1.54) is 17.8 Å². The lowest BCUT2D eigenvalue weighted by atomic mass is 10.1. The Bertz CT molecular complexity index is 503. The highest BCUT2D eigenvalue weighted by Crippen LogP contribution is 2.18. The highest BCUT2D eigenvalue weighted by atomic mass is 32.2. The van der Waals surface area contributed by atoms with Crippen LogP contribution in [0.3, 0.4) is 0 Å². The minimum Gasteiger partial charge on any atom is -0.459 e. The zero-order valence-corrected chi connectivity index (χ0v) is 12.0. The maximum absolute atomic E-state index is 13.6. The Morgan fingerprint density at radius 3 is 2.68 bits per heavy atom. The van der Waals surface area contributed by atoms with Gasteiger partial charge in [-0.3, -0.25) is 4.79 Å². The second-order valence-electron chi connectivity index (χ2n) is 5.00. The van der Waals surface area contributed by atoms with Crippen LogP contribution < -0.4 is 0 Å². The van der Waals surface area contributed by atoms with E-state index in [0.717, 1.165) is 0 Å². The van der Waals surface area contributed by atoms with Gasteiger partial charge in [0.25, 0.3) is 0 Å². The maximum Gasteiger partial charge on any atom is 0.316 e. The summed E-state index contributed by atoms with van der Waals surface area (Å²) in [6.07, 6.45) is 0. The number of nitriles is 1. The molecule has 0 aliphatic carbocycles. The average Bonchev–Trinajstić information content (AvgIpc) is 2.28. The van der Waals surface area contributed by atoms with Gasteiger partial charge in [0.15, 0.2) is 0 Å². The van der Waals surface area contributed by atoms with Crippen molar-refractivity contribution in [3.05, 3.63) is 35.1 Å². The van der Waals surface area contributed by atoms with Crippen molar-refractivity contribution < 1.29 is 13.9 Å². The van der Waals surface area contributed by atoms with Crippen LogP contribution in [0.2, 0.25) is 0 Å². The lowest BCUT2D eigenvalue weighted by Gasteiger charge is -2.19. The van der Waals surface area contributed by atoms with Gasteiger partial charge in [0.05, 0.1) is 17.4 Å². The lowest BCUT2D eigenvalue weighted by Crippen LogP contribution is -2.24. The molecule has 0 saturated heterocycles. The van der Waals surface area contributed by atoms with E-state index < -0.39 is 11.4 Å². The SMILES string of the molecule is CC(C)(C)OC(=O)CSCc1ccc(C#N)cc1F. The second kappa shape index (κ2) is 6.58. The fraction of sp³-hybridized carbons (Fsp3) is 0.429. The van der Waals surface area contributed by atoms with E-state index in [2.05, 4.69) is 0 Å². The molecule has 102 valence electrons. The summed E-state index contributed by atoms with van der Waals surface area (Å²) in [4.78, 5) is 11.5. The number of rotatable bonds is 4. The Morgan fingerprint density at radius 2 is 2.16 bits per heavy atom. The minimum absolute atomic E-state index is 0.177. The molecule has 1 aromatic carbocycles. The standard InChI is InChI=1S/C14H16FNO2S/c1-14(2,3)18-13(17)9-19-8-11-5-4-10(7-16)6-12(11)15/h4-6H,8-9H2,1-3H3. The Morgan fingerprint density at radius 1 is 1.47 bits per heavy atom. The van der Waals surface area contributed by atoms with Crippen LogP contribution >= 0.6 is 11.8 Å². The summed E-state index contributed by atoms with van der Waals surface area (Å²) in [5, 5.41) is 8.63. The van der Waals surface area contributed by atoms with Gasteiger partial charge in [-0.15, -0.1) is 11.8 Å². The molecule has 0 aromatic heterocycles. The number of carbonyl (C=O) groups excluding carboxylic acids is 1. The third kappa shape index (κ3) is 5.75. The van der Waals surface area contributed by atoms with Crippen molar-refractivity contribution in [2.24, 2.45) is 0 Å². The summed E-state index contributed by atoms with van der Waals surface area (Å²) < 4.78 is 18.7. The van der Waals surface area contributed by atoms with E-state index in [-0.39, 0.29) is 11.7 Å². The molecule has 0 radical (unpaired) electrons. The van der Waals surface area contributed by atoms with Crippen LogP contribution in [0.1, 0.15) is 31.9 Å². The lowest BCUT2D eigenvalue weighted by molar-refractivity contribution is -0.151. The van der Waals surface area contributed by atoms with Gasteiger partial charge in [-0.25, -0.2) is 4.39 Å². The molecular formula is C14H16FNO2S. The number of thioether (sulfide) groups is 1. The van der Waals surface area contributed by atoms with Gasteiger partial charge in [0, 0.05) is 5.75 Å². The van der Waals surface area contributed by atoms with Crippen LogP contribution in [0.15, 0.2) is 18.2 Å². The number of nitrogens with zero attached hydrogens (tertiary/aromatic N) is 1. The van der Waals surface area contributed by atoms with Crippen molar-refractivity contribution in [3.63, 3.8) is 0 Å². The summed E-state index contributed by atoms with van der Waals surface area (Å²) in [7, 11) is 0. The molecule has 0 spiro atoms. The molecule has 0 aliphatic rings. The Kier molecular flexibility index (Phi) is 5.37. The van der Waals surface area contributed by atoms with E-state index in [1.807, 2.05) is 6.07 Å². The highest BCUT2D eigenvalue weighted by Gasteiger charge is 2.16. The van der Waals surface area contributed by atoms with Gasteiger partial charge in [0.2, 0.25) is 0 Å². The normalized spacial score (nSPS) is 10.9. The minimum atomic E-state index is -0.503. The summed E-state index contributed by atoms with van der Waals surface area (Å²) in [5.41, 5.74) is 0.267. The molecule has 0 saturated carbocycles. The van der Waals surface area contributed by atoms with Crippen LogP contribution in [0.25, 0.3) is 0 Å². The predicted molar refractivity (Wildman–Crippen MR) is 73.1 cm³/mol. The van der Waals surface area contributed by atoms with E-state index >= 15 is 0 Å². The summed E-state index contributed by atoms with van der Waals surface area (Å²) in [5.74, 6) is -0.185. The van der Waals surface area contributed by atoms with Crippen molar-refractivity contribution in [2.45, 2.75) is 32.1 Å². The monoisotopic (exact) mass is 281 g/mol. The molecule has 0 amide bonds. The molecule has 0 aliphatic heterocycles. The van der Waals surface area contributed by atoms with Crippen molar-refractivity contribution in [3.8, 4) is 6.07 Å². The van der Waals surface area contributed by atoms with Gasteiger partial charge >= 0.3 is 5.97 Å². The van der Waals surface area contributed by atoms with E-state index in [4.69, 9.17) is 10.00 Å². The number of hydrogen-bond donors (Lipinski definition) is 0. The third-order valence-electron chi connectivity index (χ3n) is 2.08. The Hall–Kier alpha value is -1.54. The van der Waals surface area contributed by atoms with Crippen molar-refractivity contribution >= 4 is 17.7 Å². The van der Waals surface area contributed by atoms with E-state index in [0.29, 0.717) is 16.9 Å². The topological polar surface area (TPSA) is 50.1 Å². The molecule has 1 aromatic rings. The first kappa shape index (κ1) is 15.5. The van der Waals surface area contributed by atoms with Crippen LogP contribution in [0.4, 0.5) is 4.39 Å². The summed E-state index contributed by atoms with van der Waals surface area (Å²) in [6, 6.07) is 6.20. The molecule has 3 nitrogen and oxygen atoms in total. The van der Waals surface area contributed by atoms with Crippen molar-refractivity contribution in [1.29, 1.82) is 5.26 Å². The molecular weight excluding hydrogens is 265 g/mol. The molecule has 0 fully saturated rings. The first-order valence-corrected chi connectivity index (χ1v) is 6.95. The second-order valence-corrected chi connectivity index (χ2v) is 5.98. The quantitative estimate of drug-likeness (QED) is 0.795. The van der Waals surface area contributed by atoms with Gasteiger partial charge in [-0.1, -0.05) is 6.07 Å². The predicted octanol–water partition coefficient (Wildman–Crippen LogP) is 3.27. The maximum atomic E-state index is 13.6. The van der Waals surface area contributed by atoms with Gasteiger partial charge in [0.1, 0.15) is 11.4 Å². The fourth-order valence-corrected chi connectivity index (χ4v) is 2.13. The van der Waals surface area contributed by atoms with Crippen LogP contribution in [-0.2, 0) is 15.3 Å². The van der Waals surface area contributed by atoms with Crippen LogP contribution in [0.5, 0.6) is 0 Å². The van der Waals surface area contributed by atoms with Gasteiger partial charge < -0.3 is 4.74 Å². The molecule has 0 bridgehead atoms. The van der Waals surface area contributed by atoms with E-state index in [9.17, 15) is 9.18 Å². The largest absolute Gasteiger partial charge is 0.459 e. The van der Waals surface area contributed by atoms with Crippen LogP contribution in [0, 0.1) is 17.1 Å². The average molecular weight is 281 g/mol. The molecule has 0 atom stereocenters. The summed E-state index contributed by atoms with van der Waals surface area (Å²) >= 11 is 1.29. The number of halogens is 1. The molecule has 5 heteroatoms. The Balaban J connectivity index is 2.46. The molecule has 19 heavy (non-hydrogen) atoms. The third-order valence-corrected chi connectivity index (χ3v) is 3.03. The molecule has 0 N–H and O–H groups in total. The number of benzene rings is 1. The van der Waals surface area contributed by atoms with E-state index in [1.54, 1.807) is 32.9 Å². The van der Waals surface area contributed by atoms with Crippen LogP contribution in [-0.4, -0.2) is 17.3 Å². The summed E-state index contributed by atoms with van der Waals surface area (Å²) in [6.45, 7) is 5.40. The van der Waals surface area contributed by atoms with Crippen molar-refractivity contribution in [2.75, 3.05) is 5.75 Å². The number of carbonyl (C=O) groups is 1. The number of hydrogen-bond acceptors (Lipinski definition) is 4. The number of ether oxygens (including phenoxy) is 1. The first-order valence-electron chi connectivity index (χ1n) is 5.80. The molecule has 0 heterocycles. The van der Waals surface area contributed by atoms with Gasteiger partial charge in [-0.2, -0.15) is 5.26 Å². The zero-order chi connectivity index (χ0) is 14.5. The Labute approximate surface area is 116 Å². The van der Waals surface area contributed by atoms with Gasteiger partial charge in [-0.05, 0) is 38.5 Å². The van der Waals surface area contributed by atoms with Crippen molar-refractivity contribution in [1.82, 2.24) is 0 Å². The zero-order valence-electron chi connectivity index (χ0n) is 11.2. The first-order chi connectivity index (χ1) is 8.81. The highest BCUT2D eigenvalue weighted by molar-refractivity contribution is 7.99. The fourth-order valence-electron chi connectivity index (χ4n) is 1.35. The smallest absolute Gasteiger partial charge is 0.316 e. The molecule has 1 rings (SSSR count). The number of esters is 1.